The highest BCUT2D eigenvalue weighted by atomic mass is 16.2. The van der Waals surface area contributed by atoms with Gasteiger partial charge in [0.1, 0.15) is 0 Å². The van der Waals surface area contributed by atoms with Crippen molar-refractivity contribution in [3.05, 3.63) is 78.1 Å². The van der Waals surface area contributed by atoms with Crippen molar-refractivity contribution in [3.63, 3.8) is 0 Å². The minimum absolute atomic E-state index is 0.0990. The van der Waals surface area contributed by atoms with Gasteiger partial charge >= 0.3 is 0 Å². The quantitative estimate of drug-likeness (QED) is 0.631. The van der Waals surface area contributed by atoms with Gasteiger partial charge in [0.15, 0.2) is 0 Å². The molecule has 0 aliphatic rings. The molecule has 1 heterocycles. The second-order valence-corrected chi connectivity index (χ2v) is 7.51. The number of carbonyl (C=O) groups is 1. The van der Waals surface area contributed by atoms with Gasteiger partial charge < -0.3 is 11.1 Å². The number of hydrogen-bond donors (Lipinski definition) is 2. The van der Waals surface area contributed by atoms with Crippen LogP contribution in [0.25, 0.3) is 11.1 Å². The van der Waals surface area contributed by atoms with Crippen LogP contribution in [0.3, 0.4) is 0 Å². The molecule has 5 nitrogen and oxygen atoms in total. The first-order valence-corrected chi connectivity index (χ1v) is 9.71. The number of nitrogens with two attached hydrogens (primary N) is 1. The van der Waals surface area contributed by atoms with Gasteiger partial charge in [-0.25, -0.2) is 0 Å². The molecule has 3 N–H and O–H groups in total. The average Bonchev–Trinajstić information content (AvgIpc) is 3.19. The molecule has 0 radical (unpaired) electrons. The Hall–Kier alpha value is -2.92. The number of aromatic nitrogens is 2. The lowest BCUT2D eigenvalue weighted by Gasteiger charge is -2.16. The first-order valence-electron chi connectivity index (χ1n) is 9.71. The maximum Gasteiger partial charge on any atom is 0.237 e. The van der Waals surface area contributed by atoms with E-state index in [1.54, 1.807) is 6.20 Å². The first-order chi connectivity index (χ1) is 13.5. The summed E-state index contributed by atoms with van der Waals surface area (Å²) in [5.74, 6) is 0.298. The zero-order valence-electron chi connectivity index (χ0n) is 16.5. The highest BCUT2D eigenvalue weighted by Crippen LogP contribution is 2.24. The molecule has 0 fully saturated rings. The predicted octanol–water partition coefficient (Wildman–Crippen LogP) is 3.59. The molecule has 0 bridgehead atoms. The largest absolute Gasteiger partial charge is 0.351 e. The summed E-state index contributed by atoms with van der Waals surface area (Å²) in [6.07, 6.45) is 4.42. The van der Waals surface area contributed by atoms with Gasteiger partial charge in [0, 0.05) is 18.9 Å². The number of amides is 1. The highest BCUT2D eigenvalue weighted by Gasteiger charge is 2.15. The molecule has 28 heavy (non-hydrogen) atoms. The summed E-state index contributed by atoms with van der Waals surface area (Å²) < 4.78 is 1.90. The molecule has 1 amide bonds. The van der Waals surface area contributed by atoms with E-state index in [4.69, 9.17) is 5.73 Å². The maximum absolute atomic E-state index is 12.3. The van der Waals surface area contributed by atoms with Crippen molar-refractivity contribution >= 4 is 5.91 Å². The lowest BCUT2D eigenvalue weighted by molar-refractivity contribution is -0.122. The van der Waals surface area contributed by atoms with Crippen molar-refractivity contribution in [2.75, 3.05) is 0 Å². The third-order valence-corrected chi connectivity index (χ3v) is 4.70. The van der Waals surface area contributed by atoms with Crippen LogP contribution >= 0.6 is 0 Å². The maximum atomic E-state index is 12.3. The smallest absolute Gasteiger partial charge is 0.237 e. The second kappa shape index (κ2) is 9.33. The summed E-state index contributed by atoms with van der Waals surface area (Å²) in [7, 11) is 0. The van der Waals surface area contributed by atoms with Crippen LogP contribution in [0.1, 0.15) is 31.4 Å². The van der Waals surface area contributed by atoms with Crippen molar-refractivity contribution < 1.29 is 4.79 Å². The summed E-state index contributed by atoms with van der Waals surface area (Å²) in [5.41, 5.74) is 10.5. The lowest BCUT2D eigenvalue weighted by Crippen LogP contribution is -2.41. The number of rotatable bonds is 8. The third-order valence-electron chi connectivity index (χ3n) is 4.70. The molecule has 0 unspecified atom stereocenters. The molecule has 0 aliphatic heterocycles. The van der Waals surface area contributed by atoms with E-state index in [1.807, 2.05) is 35.1 Å². The molecule has 5 heteroatoms. The van der Waals surface area contributed by atoms with Crippen molar-refractivity contribution in [2.24, 2.45) is 11.7 Å². The third kappa shape index (κ3) is 5.30. The normalized spacial score (nSPS) is 12.1. The molecule has 0 saturated heterocycles. The van der Waals surface area contributed by atoms with Crippen LogP contribution in [0, 0.1) is 5.92 Å². The minimum atomic E-state index is -0.464. The van der Waals surface area contributed by atoms with E-state index in [0.29, 0.717) is 18.9 Å². The predicted molar refractivity (Wildman–Crippen MR) is 112 cm³/mol. The second-order valence-electron chi connectivity index (χ2n) is 7.51. The molecule has 0 aliphatic carbocycles. The number of carbonyl (C=O) groups excluding carboxylic acids is 1. The monoisotopic (exact) mass is 376 g/mol. The first kappa shape index (κ1) is 19.8. The lowest BCUT2D eigenvalue weighted by atomic mass is 9.98. The zero-order valence-corrected chi connectivity index (χ0v) is 16.5. The molecule has 3 aromatic rings. The summed E-state index contributed by atoms with van der Waals surface area (Å²) in [6.45, 7) is 5.35. The standard InChI is InChI=1S/C23H28N4O/c1-17(2)14-22(24)23(28)25-15-20-6-3-4-7-21(20)19-10-8-18(9-11-19)16-27-13-5-12-26-27/h3-13,17,22H,14-16,24H2,1-2H3,(H,25,28)/t22-/m0/s1. The molecular formula is C23H28N4O. The molecular weight excluding hydrogens is 348 g/mol. The van der Waals surface area contributed by atoms with Gasteiger partial charge in [-0.1, -0.05) is 62.4 Å². The molecule has 0 saturated carbocycles. The summed E-state index contributed by atoms with van der Waals surface area (Å²) in [6, 6.07) is 18.1. The van der Waals surface area contributed by atoms with E-state index in [9.17, 15) is 4.79 Å². The minimum Gasteiger partial charge on any atom is -0.351 e. The fourth-order valence-electron chi connectivity index (χ4n) is 3.26. The SMILES string of the molecule is CC(C)C[C@H](N)C(=O)NCc1ccccc1-c1ccc(Cn2cccn2)cc1. The Morgan fingerprint density at radius 3 is 2.54 bits per heavy atom. The van der Waals surface area contributed by atoms with E-state index < -0.39 is 6.04 Å². The van der Waals surface area contributed by atoms with Gasteiger partial charge in [-0.2, -0.15) is 5.10 Å². The van der Waals surface area contributed by atoms with Crippen molar-refractivity contribution in [1.29, 1.82) is 0 Å². The van der Waals surface area contributed by atoms with Crippen molar-refractivity contribution in [1.82, 2.24) is 15.1 Å². The molecule has 1 aromatic heterocycles. The highest BCUT2D eigenvalue weighted by molar-refractivity contribution is 5.81. The Balaban J connectivity index is 1.68. The average molecular weight is 377 g/mol. The molecule has 3 rings (SSSR count). The van der Waals surface area contributed by atoms with Crippen LogP contribution in [0.15, 0.2) is 67.0 Å². The Morgan fingerprint density at radius 1 is 1.11 bits per heavy atom. The number of benzene rings is 2. The topological polar surface area (TPSA) is 72.9 Å². The van der Waals surface area contributed by atoms with Crippen LogP contribution in [-0.4, -0.2) is 21.7 Å². The van der Waals surface area contributed by atoms with E-state index in [-0.39, 0.29) is 5.91 Å². The Morgan fingerprint density at radius 2 is 1.86 bits per heavy atom. The Labute approximate surface area is 166 Å². The van der Waals surface area contributed by atoms with Crippen LogP contribution in [0.4, 0.5) is 0 Å². The van der Waals surface area contributed by atoms with Gasteiger partial charge in [0.2, 0.25) is 5.91 Å². The fourth-order valence-corrected chi connectivity index (χ4v) is 3.26. The molecule has 1 atom stereocenters. The van der Waals surface area contributed by atoms with Gasteiger partial charge in [-0.15, -0.1) is 0 Å². The molecule has 146 valence electrons. The van der Waals surface area contributed by atoms with Gasteiger partial charge in [0.05, 0.1) is 12.6 Å². The number of nitrogens with one attached hydrogen (secondary N) is 1. The van der Waals surface area contributed by atoms with E-state index in [0.717, 1.165) is 23.2 Å². The van der Waals surface area contributed by atoms with E-state index >= 15 is 0 Å². The summed E-state index contributed by atoms with van der Waals surface area (Å²) >= 11 is 0. The van der Waals surface area contributed by atoms with E-state index in [2.05, 4.69) is 54.6 Å². The summed E-state index contributed by atoms with van der Waals surface area (Å²) in [4.78, 5) is 12.3. The zero-order chi connectivity index (χ0) is 19.9. The van der Waals surface area contributed by atoms with Crippen LogP contribution in [-0.2, 0) is 17.9 Å². The van der Waals surface area contributed by atoms with Gasteiger partial charge in [0.25, 0.3) is 0 Å². The van der Waals surface area contributed by atoms with Crippen LogP contribution in [0.2, 0.25) is 0 Å². The molecule has 0 spiro atoms. The van der Waals surface area contributed by atoms with Gasteiger partial charge in [-0.3, -0.25) is 9.48 Å². The fraction of sp³-hybridized carbons (Fsp3) is 0.304. The summed E-state index contributed by atoms with van der Waals surface area (Å²) in [5, 5.41) is 7.23. The van der Waals surface area contributed by atoms with Crippen molar-refractivity contribution in [3.8, 4) is 11.1 Å². The van der Waals surface area contributed by atoms with Crippen LogP contribution < -0.4 is 11.1 Å². The number of nitrogens with zero attached hydrogens (tertiary/aromatic N) is 2. The Bertz CT molecular complexity index is 885. The van der Waals surface area contributed by atoms with Gasteiger partial charge in [-0.05, 0) is 40.7 Å². The van der Waals surface area contributed by atoms with Crippen LogP contribution in [0.5, 0.6) is 0 Å². The Kier molecular flexibility index (Phi) is 6.61. The van der Waals surface area contributed by atoms with E-state index in [1.165, 1.54) is 5.56 Å². The molecule has 2 aromatic carbocycles. The van der Waals surface area contributed by atoms with Crippen molar-refractivity contribution in [2.45, 2.75) is 39.4 Å². The number of hydrogen-bond acceptors (Lipinski definition) is 3.